The molecule has 2 aromatic carbocycles. The maximum atomic E-state index is 14.6. The van der Waals surface area contributed by atoms with Crippen molar-refractivity contribution in [2.45, 2.75) is 51.2 Å². The summed E-state index contributed by atoms with van der Waals surface area (Å²) in [6, 6.07) is 13.1. The van der Waals surface area contributed by atoms with E-state index < -0.39 is 5.83 Å². The van der Waals surface area contributed by atoms with Crippen LogP contribution >= 0.6 is 23.2 Å². The summed E-state index contributed by atoms with van der Waals surface area (Å²) in [6.45, 7) is 12.5. The van der Waals surface area contributed by atoms with Crippen LogP contribution < -0.4 is 21.6 Å². The van der Waals surface area contributed by atoms with Gasteiger partial charge in [0.2, 0.25) is 0 Å². The largest absolute Gasteiger partial charge is 0.373 e. The first-order valence-corrected chi connectivity index (χ1v) is 15.6. The Hall–Kier alpha value is -4.14. The van der Waals surface area contributed by atoms with Crippen LogP contribution in [0.25, 0.3) is 10.9 Å². The fraction of sp³-hybridized carbons (Fsp3) is 0.294. The second-order valence-corrected chi connectivity index (χ2v) is 13.0. The Balaban J connectivity index is 1.48. The monoisotopic (exact) mass is 664 g/mol. The number of likely N-dealkylation sites (tertiary alicyclic amines) is 1. The molecule has 46 heavy (non-hydrogen) atoms. The van der Waals surface area contributed by atoms with E-state index in [1.54, 1.807) is 12.1 Å². The normalized spacial score (nSPS) is 17.1. The lowest BCUT2D eigenvalue weighted by atomic mass is 9.98. The van der Waals surface area contributed by atoms with Crippen molar-refractivity contribution < 1.29 is 8.78 Å². The zero-order chi connectivity index (χ0) is 33.0. The molecule has 1 atom stereocenters. The summed E-state index contributed by atoms with van der Waals surface area (Å²) < 4.78 is 27.0. The zero-order valence-corrected chi connectivity index (χ0v) is 27.4. The summed E-state index contributed by atoms with van der Waals surface area (Å²) in [4.78, 5) is 6.89. The minimum Gasteiger partial charge on any atom is -0.373 e. The highest BCUT2D eigenvalue weighted by Crippen LogP contribution is 2.37. The number of hydrogen-bond donors (Lipinski definition) is 4. The number of nitrogens with zero attached hydrogens (tertiary/aromatic N) is 4. The molecule has 8 nitrogen and oxygen atoms in total. The average molecular weight is 666 g/mol. The Kier molecular flexibility index (Phi) is 10.2. The summed E-state index contributed by atoms with van der Waals surface area (Å²) in [7, 11) is 0. The minimum absolute atomic E-state index is 0.136. The van der Waals surface area contributed by atoms with Crippen LogP contribution in [0.4, 0.5) is 20.2 Å². The maximum Gasteiger partial charge on any atom is 0.146 e. The second-order valence-electron chi connectivity index (χ2n) is 12.2. The topological polar surface area (TPSA) is 91.3 Å². The number of aromatic nitrogens is 1. The summed E-state index contributed by atoms with van der Waals surface area (Å²) in [5.41, 5.74) is 9.94. The van der Waals surface area contributed by atoms with E-state index in [1.165, 1.54) is 6.20 Å². The van der Waals surface area contributed by atoms with E-state index in [-0.39, 0.29) is 34.9 Å². The van der Waals surface area contributed by atoms with Gasteiger partial charge in [0.05, 0.1) is 45.6 Å². The van der Waals surface area contributed by atoms with Gasteiger partial charge >= 0.3 is 0 Å². The van der Waals surface area contributed by atoms with E-state index in [2.05, 4.69) is 76.1 Å². The van der Waals surface area contributed by atoms with Crippen molar-refractivity contribution in [2.75, 3.05) is 23.7 Å². The summed E-state index contributed by atoms with van der Waals surface area (Å²) in [5, 5.41) is 19.8. The first kappa shape index (κ1) is 33.2. The van der Waals surface area contributed by atoms with Gasteiger partial charge in [-0.2, -0.15) is 5.26 Å². The van der Waals surface area contributed by atoms with Crippen molar-refractivity contribution in [1.82, 2.24) is 25.9 Å². The van der Waals surface area contributed by atoms with E-state index >= 15 is 0 Å². The number of pyridine rings is 1. The van der Waals surface area contributed by atoms with Crippen LogP contribution in [0.15, 0.2) is 91.1 Å². The molecule has 0 unspecified atom stereocenters. The zero-order valence-electron chi connectivity index (χ0n) is 25.8. The maximum absolute atomic E-state index is 14.6. The Morgan fingerprint density at radius 1 is 1.20 bits per heavy atom. The Labute approximate surface area is 278 Å². The quantitative estimate of drug-likeness (QED) is 0.170. The number of anilines is 2. The SMILES string of the molecule is C=C(Nc1c(C#N)cnc2c(Cl)cc(N[C@H](C3=CN(C4CCN(C(C)(C)C)CC4)NN3)c3ccc(Cl)cc3)cc12)/C(F)=C\C=C/F. The highest BCUT2D eigenvalue weighted by molar-refractivity contribution is 6.36. The van der Waals surface area contributed by atoms with Crippen LogP contribution in [0, 0.1) is 11.3 Å². The summed E-state index contributed by atoms with van der Waals surface area (Å²) >= 11 is 13.0. The Morgan fingerprint density at radius 3 is 2.57 bits per heavy atom. The Bertz CT molecular complexity index is 1730. The number of nitriles is 1. The van der Waals surface area contributed by atoms with Crippen LogP contribution in [0.5, 0.6) is 0 Å². The first-order valence-electron chi connectivity index (χ1n) is 14.9. The number of hydrogen-bond acceptors (Lipinski definition) is 8. The summed E-state index contributed by atoms with van der Waals surface area (Å²) in [6.07, 6.45) is 7.52. The van der Waals surface area contributed by atoms with Gasteiger partial charge in [0.25, 0.3) is 0 Å². The van der Waals surface area contributed by atoms with Gasteiger partial charge in [-0.05, 0) is 75.6 Å². The van der Waals surface area contributed by atoms with E-state index in [4.69, 9.17) is 23.2 Å². The van der Waals surface area contributed by atoms with E-state index in [0.29, 0.717) is 32.7 Å². The number of allylic oxidation sites excluding steroid dienone is 3. The smallest absolute Gasteiger partial charge is 0.146 e. The number of benzene rings is 2. The molecule has 0 radical (unpaired) electrons. The van der Waals surface area contributed by atoms with Crippen LogP contribution in [0.3, 0.4) is 0 Å². The molecule has 4 N–H and O–H groups in total. The third kappa shape index (κ3) is 7.45. The number of rotatable bonds is 9. The Morgan fingerprint density at radius 2 is 1.91 bits per heavy atom. The van der Waals surface area contributed by atoms with Gasteiger partial charge < -0.3 is 16.1 Å². The van der Waals surface area contributed by atoms with Crippen molar-refractivity contribution in [3.05, 3.63) is 112 Å². The van der Waals surface area contributed by atoms with Crippen LogP contribution in [0.1, 0.15) is 50.8 Å². The number of nitrogens with one attached hydrogen (secondary N) is 4. The predicted molar refractivity (Wildman–Crippen MR) is 182 cm³/mol. The van der Waals surface area contributed by atoms with Crippen LogP contribution in [0.2, 0.25) is 10.0 Å². The summed E-state index contributed by atoms with van der Waals surface area (Å²) in [5.74, 6) is -0.800. The number of piperidine rings is 1. The molecule has 3 aromatic rings. The van der Waals surface area contributed by atoms with Gasteiger partial charge in [0.1, 0.15) is 11.9 Å². The molecule has 1 aromatic heterocycles. The van der Waals surface area contributed by atoms with Crippen molar-refractivity contribution in [1.29, 1.82) is 5.26 Å². The fourth-order valence-electron chi connectivity index (χ4n) is 5.66. The molecule has 240 valence electrons. The molecule has 3 heterocycles. The van der Waals surface area contributed by atoms with Crippen LogP contribution in [-0.4, -0.2) is 39.6 Å². The third-order valence-corrected chi connectivity index (χ3v) is 8.70. The van der Waals surface area contributed by atoms with Gasteiger partial charge in [-0.3, -0.25) is 14.9 Å². The molecule has 2 aliphatic heterocycles. The minimum atomic E-state index is -0.800. The number of fused-ring (bicyclic) bond motifs is 1. The number of hydrazine groups is 2. The van der Waals surface area contributed by atoms with Gasteiger partial charge in [-0.15, -0.1) is 5.53 Å². The number of halogens is 4. The van der Waals surface area contributed by atoms with Crippen molar-refractivity contribution >= 4 is 45.5 Å². The molecular formula is C34H36Cl2F2N8. The van der Waals surface area contributed by atoms with E-state index in [1.807, 2.05) is 24.3 Å². The molecule has 0 spiro atoms. The van der Waals surface area contributed by atoms with E-state index in [0.717, 1.165) is 49.3 Å². The second kappa shape index (κ2) is 14.1. The molecule has 0 aliphatic carbocycles. The molecule has 0 bridgehead atoms. The fourth-order valence-corrected chi connectivity index (χ4v) is 6.05. The standard InChI is InChI=1S/C34H36Cl2F2N8/c1-21(29(38)6-5-13-37)41-31-23(18-39)19-40-33-27(31)16-25(17-28(33)36)42-32(22-7-9-24(35)10-8-22)30-20-46(44-43-30)26-11-14-45(15-12-26)34(2,3)4/h5-10,13,16-17,19-20,26,32,42-44H,1,11-12,14-15H2,2-4H3,(H,40,41)/b13-5-,29-6+/t32-/m0/s1. The highest BCUT2D eigenvalue weighted by atomic mass is 35.5. The lowest BCUT2D eigenvalue weighted by Gasteiger charge is -2.42. The van der Waals surface area contributed by atoms with Crippen molar-refractivity contribution in [2.24, 2.45) is 0 Å². The lowest BCUT2D eigenvalue weighted by molar-refractivity contribution is 0.0570. The highest BCUT2D eigenvalue weighted by Gasteiger charge is 2.32. The molecular weight excluding hydrogens is 629 g/mol. The third-order valence-electron chi connectivity index (χ3n) is 8.16. The predicted octanol–water partition coefficient (Wildman–Crippen LogP) is 8.26. The molecule has 5 rings (SSSR count). The lowest BCUT2D eigenvalue weighted by Crippen LogP contribution is -2.52. The molecule has 0 amide bonds. The average Bonchev–Trinajstić information content (AvgIpc) is 3.53. The molecule has 1 saturated heterocycles. The molecule has 2 aliphatic rings. The van der Waals surface area contributed by atoms with Crippen molar-refractivity contribution in [3.8, 4) is 6.07 Å². The van der Waals surface area contributed by atoms with Crippen molar-refractivity contribution in [3.63, 3.8) is 0 Å². The van der Waals surface area contributed by atoms with Gasteiger partial charge in [-0.1, -0.05) is 41.9 Å². The van der Waals surface area contributed by atoms with Gasteiger partial charge in [0.15, 0.2) is 0 Å². The van der Waals surface area contributed by atoms with E-state index in [9.17, 15) is 14.0 Å². The molecule has 1 fully saturated rings. The van der Waals surface area contributed by atoms with Gasteiger partial charge in [-0.25, -0.2) is 8.78 Å². The first-order chi connectivity index (χ1) is 22.0. The van der Waals surface area contributed by atoms with Gasteiger partial charge in [0, 0.05) is 53.2 Å². The molecule has 0 saturated carbocycles. The van der Waals surface area contributed by atoms with Crippen LogP contribution in [-0.2, 0) is 0 Å². The molecule has 12 heteroatoms.